The third kappa shape index (κ3) is 2.20. The highest BCUT2D eigenvalue weighted by molar-refractivity contribution is 9.10. The van der Waals surface area contributed by atoms with Gasteiger partial charge in [0, 0.05) is 28.2 Å². The van der Waals surface area contributed by atoms with E-state index in [2.05, 4.69) is 36.9 Å². The lowest BCUT2D eigenvalue weighted by Crippen LogP contribution is -2.34. The number of rotatable bonds is 2. The van der Waals surface area contributed by atoms with Crippen molar-refractivity contribution in [3.05, 3.63) is 33.1 Å². The Hall–Kier alpha value is -1.19. The van der Waals surface area contributed by atoms with Crippen LogP contribution in [-0.4, -0.2) is 13.1 Å². The molecule has 2 aliphatic rings. The lowest BCUT2D eigenvalue weighted by atomic mass is 9.93. The summed E-state index contributed by atoms with van der Waals surface area (Å²) < 4.78 is 1.03. The van der Waals surface area contributed by atoms with Gasteiger partial charge < -0.3 is 4.90 Å². The van der Waals surface area contributed by atoms with E-state index in [0.717, 1.165) is 28.9 Å². The fourth-order valence-electron chi connectivity index (χ4n) is 2.78. The van der Waals surface area contributed by atoms with Crippen LogP contribution in [0.5, 0.6) is 0 Å². The van der Waals surface area contributed by atoms with Gasteiger partial charge in [0.1, 0.15) is 0 Å². The number of hydrogen-bond donors (Lipinski definition) is 0. The van der Waals surface area contributed by atoms with E-state index in [-0.39, 0.29) is 0 Å². The number of nitrogens with zero attached hydrogens (tertiary/aromatic N) is 4. The Labute approximate surface area is 115 Å². The van der Waals surface area contributed by atoms with Gasteiger partial charge in [0.2, 0.25) is 0 Å². The van der Waals surface area contributed by atoms with Gasteiger partial charge in [-0.05, 0) is 54.8 Å². The first kappa shape index (κ1) is 11.9. The lowest BCUT2D eigenvalue weighted by molar-refractivity contribution is 0.384. The lowest BCUT2D eigenvalue weighted by Gasteiger charge is -2.34. The molecule has 0 bridgehead atoms. The van der Waals surface area contributed by atoms with Crippen molar-refractivity contribution in [3.8, 4) is 0 Å². The normalized spacial score (nSPS) is 20.6. The molecule has 5 heteroatoms. The van der Waals surface area contributed by atoms with Gasteiger partial charge in [0.25, 0.3) is 0 Å². The van der Waals surface area contributed by atoms with Crippen molar-refractivity contribution < 1.29 is 0 Å². The number of piperidine rings is 1. The first-order valence-corrected chi connectivity index (χ1v) is 7.11. The van der Waals surface area contributed by atoms with Crippen molar-refractivity contribution in [1.29, 1.82) is 0 Å². The quantitative estimate of drug-likeness (QED) is 0.441. The van der Waals surface area contributed by atoms with Gasteiger partial charge in [-0.25, -0.2) is 0 Å². The van der Waals surface area contributed by atoms with Crippen molar-refractivity contribution in [2.75, 3.05) is 18.0 Å². The molecule has 0 amide bonds. The van der Waals surface area contributed by atoms with Crippen LogP contribution in [0, 0.1) is 5.41 Å². The molecule has 1 aliphatic carbocycles. The molecular weight excluding hydrogens is 292 g/mol. The van der Waals surface area contributed by atoms with Crippen LogP contribution in [0.25, 0.3) is 10.4 Å². The van der Waals surface area contributed by atoms with Gasteiger partial charge in [-0.15, -0.1) is 0 Å². The summed E-state index contributed by atoms with van der Waals surface area (Å²) >= 11 is 3.49. The third-order valence-corrected chi connectivity index (χ3v) is 4.71. The number of hydrogen-bond acceptors (Lipinski definition) is 2. The second-order valence-electron chi connectivity index (χ2n) is 5.31. The first-order valence-electron chi connectivity index (χ1n) is 6.32. The van der Waals surface area contributed by atoms with Gasteiger partial charge in [0.15, 0.2) is 0 Å². The monoisotopic (exact) mass is 306 g/mol. The van der Waals surface area contributed by atoms with E-state index < -0.39 is 0 Å². The van der Waals surface area contributed by atoms with E-state index >= 15 is 0 Å². The third-order valence-electron chi connectivity index (χ3n) is 4.21. The predicted octanol–water partition coefficient (Wildman–Crippen LogP) is 4.77. The maximum atomic E-state index is 8.63. The van der Waals surface area contributed by atoms with E-state index in [0.29, 0.717) is 5.41 Å². The Balaban J connectivity index is 1.86. The van der Waals surface area contributed by atoms with Crippen molar-refractivity contribution in [2.45, 2.75) is 25.7 Å². The predicted molar refractivity (Wildman–Crippen MR) is 76.1 cm³/mol. The Kier molecular flexibility index (Phi) is 2.96. The van der Waals surface area contributed by atoms with Gasteiger partial charge in [-0.3, -0.25) is 0 Å². The number of benzene rings is 1. The van der Waals surface area contributed by atoms with Crippen LogP contribution in [0.2, 0.25) is 0 Å². The molecule has 1 saturated heterocycles. The summed E-state index contributed by atoms with van der Waals surface area (Å²) in [6.45, 7) is 2.15. The number of halogens is 1. The second kappa shape index (κ2) is 4.48. The molecule has 1 heterocycles. The Bertz CT molecular complexity index is 508. The highest BCUT2D eigenvalue weighted by atomic mass is 79.9. The summed E-state index contributed by atoms with van der Waals surface area (Å²) in [6.07, 6.45) is 5.36. The van der Waals surface area contributed by atoms with Crippen LogP contribution in [0.3, 0.4) is 0 Å². The maximum absolute atomic E-state index is 8.63. The molecule has 18 heavy (non-hydrogen) atoms. The van der Waals surface area contributed by atoms with Crippen molar-refractivity contribution in [1.82, 2.24) is 0 Å². The molecule has 1 saturated carbocycles. The molecule has 1 aromatic carbocycles. The Morgan fingerprint density at radius 2 is 1.94 bits per heavy atom. The smallest absolute Gasteiger partial charge is 0.0609 e. The van der Waals surface area contributed by atoms with Crippen LogP contribution in [-0.2, 0) is 0 Å². The number of azide groups is 1. The van der Waals surface area contributed by atoms with E-state index in [9.17, 15) is 0 Å². The van der Waals surface area contributed by atoms with Crippen LogP contribution in [0.1, 0.15) is 25.7 Å². The van der Waals surface area contributed by atoms with Gasteiger partial charge in [-0.1, -0.05) is 21.0 Å². The minimum atomic E-state index is 0.668. The minimum Gasteiger partial charge on any atom is -0.371 e. The number of anilines is 1. The summed E-state index contributed by atoms with van der Waals surface area (Å²) in [5, 5.41) is 3.79. The van der Waals surface area contributed by atoms with Crippen LogP contribution < -0.4 is 4.90 Å². The summed E-state index contributed by atoms with van der Waals surface area (Å²) in [7, 11) is 0. The maximum Gasteiger partial charge on any atom is 0.0609 e. The molecule has 1 aromatic rings. The topological polar surface area (TPSA) is 52.0 Å². The zero-order valence-corrected chi connectivity index (χ0v) is 11.7. The molecule has 94 valence electrons. The van der Waals surface area contributed by atoms with Gasteiger partial charge >= 0.3 is 0 Å². The standard InChI is InChI=1S/C13H15BrN4/c14-10-1-2-11(16-17-15)12(9-10)18-7-5-13(3-4-13)6-8-18/h1-2,9H,3-8H2. The van der Waals surface area contributed by atoms with Crippen molar-refractivity contribution >= 4 is 27.3 Å². The van der Waals surface area contributed by atoms with Crippen molar-refractivity contribution in [3.63, 3.8) is 0 Å². The molecular formula is C13H15BrN4. The fourth-order valence-corrected chi connectivity index (χ4v) is 3.13. The van der Waals surface area contributed by atoms with Crippen LogP contribution in [0.15, 0.2) is 27.8 Å². The average molecular weight is 307 g/mol. The molecule has 4 nitrogen and oxygen atoms in total. The summed E-state index contributed by atoms with van der Waals surface area (Å²) in [5.41, 5.74) is 11.1. The highest BCUT2D eigenvalue weighted by Gasteiger charge is 2.44. The molecule has 0 radical (unpaired) electrons. The van der Waals surface area contributed by atoms with Crippen LogP contribution in [0.4, 0.5) is 11.4 Å². The van der Waals surface area contributed by atoms with Crippen LogP contribution >= 0.6 is 15.9 Å². The Morgan fingerprint density at radius 1 is 1.22 bits per heavy atom. The summed E-state index contributed by atoms with van der Waals surface area (Å²) in [4.78, 5) is 5.26. The zero-order valence-electron chi connectivity index (χ0n) is 10.1. The largest absolute Gasteiger partial charge is 0.371 e. The average Bonchev–Trinajstić information content (AvgIpc) is 3.13. The molecule has 0 N–H and O–H groups in total. The zero-order chi connectivity index (χ0) is 12.6. The second-order valence-corrected chi connectivity index (χ2v) is 6.23. The molecule has 0 unspecified atom stereocenters. The van der Waals surface area contributed by atoms with E-state index in [1.165, 1.54) is 25.7 Å². The molecule has 2 fully saturated rings. The first-order chi connectivity index (χ1) is 8.72. The van der Waals surface area contributed by atoms with E-state index in [4.69, 9.17) is 5.53 Å². The summed E-state index contributed by atoms with van der Waals surface area (Å²) in [6, 6.07) is 5.84. The Morgan fingerprint density at radius 3 is 2.56 bits per heavy atom. The van der Waals surface area contributed by atoms with Crippen molar-refractivity contribution in [2.24, 2.45) is 10.5 Å². The highest BCUT2D eigenvalue weighted by Crippen LogP contribution is 2.54. The van der Waals surface area contributed by atoms with E-state index in [1.807, 2.05) is 12.1 Å². The molecule has 0 aromatic heterocycles. The van der Waals surface area contributed by atoms with Gasteiger partial charge in [-0.2, -0.15) is 0 Å². The minimum absolute atomic E-state index is 0.668. The molecule has 1 aliphatic heterocycles. The molecule has 3 rings (SSSR count). The molecule has 0 atom stereocenters. The molecule has 1 spiro atoms. The van der Waals surface area contributed by atoms with E-state index in [1.54, 1.807) is 0 Å². The fraction of sp³-hybridized carbons (Fsp3) is 0.538. The SMILES string of the molecule is [N-]=[N+]=Nc1ccc(Br)cc1N1CCC2(CC1)CC2. The summed E-state index contributed by atoms with van der Waals surface area (Å²) in [5.74, 6) is 0. The van der Waals surface area contributed by atoms with Gasteiger partial charge in [0.05, 0.1) is 5.69 Å².